The van der Waals surface area contributed by atoms with Crippen LogP contribution in [0.15, 0.2) is 0 Å². The van der Waals surface area contributed by atoms with Crippen LogP contribution in [0.2, 0.25) is 0 Å². The van der Waals surface area contributed by atoms with Crippen LogP contribution in [0.25, 0.3) is 0 Å². The standard InChI is InChI=1S/C4H10FPS/c1-3-7-4(2)6-5/h4,6H,3H2,1-2H3/t4-/m0/s1. The van der Waals surface area contributed by atoms with E-state index in [4.69, 9.17) is 0 Å². The van der Waals surface area contributed by atoms with Crippen molar-refractivity contribution in [2.24, 2.45) is 0 Å². The minimum atomic E-state index is -0.399. The summed E-state index contributed by atoms with van der Waals surface area (Å²) in [6, 6.07) is 0. The second-order valence-corrected chi connectivity index (χ2v) is 4.33. The molecule has 7 heavy (non-hydrogen) atoms. The van der Waals surface area contributed by atoms with Crippen molar-refractivity contribution in [3.63, 3.8) is 0 Å². The van der Waals surface area contributed by atoms with Crippen molar-refractivity contribution in [1.29, 1.82) is 0 Å². The molecule has 0 aliphatic rings. The third kappa shape index (κ3) is 4.57. The van der Waals surface area contributed by atoms with Crippen LogP contribution in [0.1, 0.15) is 13.8 Å². The first-order chi connectivity index (χ1) is 3.31. The molecule has 0 rings (SSSR count). The highest BCUT2D eigenvalue weighted by Crippen LogP contribution is 2.28. The van der Waals surface area contributed by atoms with Crippen molar-refractivity contribution in [1.82, 2.24) is 0 Å². The molecule has 0 N–H and O–H groups in total. The second-order valence-electron chi connectivity index (χ2n) is 1.21. The van der Waals surface area contributed by atoms with Gasteiger partial charge in [0.2, 0.25) is 0 Å². The minimum absolute atomic E-state index is 0.227. The molecule has 0 bridgehead atoms. The minimum Gasteiger partial charge on any atom is -0.230 e. The molecule has 0 aromatic rings. The van der Waals surface area contributed by atoms with Crippen LogP contribution in [0, 0.1) is 0 Å². The van der Waals surface area contributed by atoms with Gasteiger partial charge >= 0.3 is 0 Å². The highest BCUT2D eigenvalue weighted by atomic mass is 32.2. The molecular weight excluding hydrogens is 130 g/mol. The molecule has 0 aliphatic carbocycles. The van der Waals surface area contributed by atoms with E-state index >= 15 is 0 Å². The van der Waals surface area contributed by atoms with Crippen molar-refractivity contribution in [3.05, 3.63) is 0 Å². The normalized spacial score (nSPS) is 15.9. The lowest BCUT2D eigenvalue weighted by molar-refractivity contribution is 0.909. The van der Waals surface area contributed by atoms with Crippen molar-refractivity contribution in [2.45, 2.75) is 18.8 Å². The van der Waals surface area contributed by atoms with Gasteiger partial charge in [-0.25, -0.2) is 4.20 Å². The van der Waals surface area contributed by atoms with Gasteiger partial charge in [0.1, 0.15) is 0 Å². The molecule has 2 atom stereocenters. The smallest absolute Gasteiger partial charge is 0.0801 e. The van der Waals surface area contributed by atoms with Gasteiger partial charge in [-0.15, -0.1) is 0 Å². The molecule has 0 aromatic heterocycles. The van der Waals surface area contributed by atoms with E-state index in [1.54, 1.807) is 11.8 Å². The zero-order chi connectivity index (χ0) is 5.70. The monoisotopic (exact) mass is 140 g/mol. The topological polar surface area (TPSA) is 0 Å². The summed E-state index contributed by atoms with van der Waals surface area (Å²) in [5, 5.41) is 0. The van der Waals surface area contributed by atoms with Crippen molar-refractivity contribution in [3.8, 4) is 0 Å². The Balaban J connectivity index is 2.83. The van der Waals surface area contributed by atoms with Gasteiger partial charge in [0.15, 0.2) is 0 Å². The Kier molecular flexibility index (Phi) is 5.35. The first kappa shape index (κ1) is 7.71. The van der Waals surface area contributed by atoms with Gasteiger partial charge in [-0.2, -0.15) is 11.8 Å². The molecule has 0 amide bonds. The molecule has 0 radical (unpaired) electrons. The predicted molar refractivity (Wildman–Crippen MR) is 37.0 cm³/mol. The molecule has 0 saturated heterocycles. The van der Waals surface area contributed by atoms with Gasteiger partial charge in [0.25, 0.3) is 0 Å². The van der Waals surface area contributed by atoms with E-state index in [0.29, 0.717) is 0 Å². The number of rotatable bonds is 3. The highest BCUT2D eigenvalue weighted by Gasteiger charge is 1.96. The van der Waals surface area contributed by atoms with E-state index in [-0.39, 0.29) is 4.99 Å². The number of halogens is 1. The Labute approximate surface area is 50.2 Å². The highest BCUT2D eigenvalue weighted by molar-refractivity contribution is 8.03. The maximum atomic E-state index is 11.6. The van der Waals surface area contributed by atoms with Gasteiger partial charge in [-0.05, 0) is 12.7 Å². The molecule has 1 unspecified atom stereocenters. The van der Waals surface area contributed by atoms with E-state index < -0.39 is 8.89 Å². The summed E-state index contributed by atoms with van der Waals surface area (Å²) in [4.78, 5) is 0.227. The number of hydrogen-bond acceptors (Lipinski definition) is 1. The molecule has 0 aliphatic heterocycles. The summed E-state index contributed by atoms with van der Waals surface area (Å²) in [5.74, 6) is 1.03. The molecule has 0 saturated carbocycles. The fraction of sp³-hybridized carbons (Fsp3) is 1.00. The number of hydrogen-bond donors (Lipinski definition) is 0. The third-order valence-electron chi connectivity index (χ3n) is 0.570. The maximum Gasteiger partial charge on any atom is 0.0801 e. The first-order valence-electron chi connectivity index (χ1n) is 2.29. The zero-order valence-corrected chi connectivity index (χ0v) is 6.39. The quantitative estimate of drug-likeness (QED) is 0.543. The third-order valence-corrected chi connectivity index (χ3v) is 2.48. The lowest BCUT2D eigenvalue weighted by Gasteiger charge is -1.99. The Morgan fingerprint density at radius 2 is 2.43 bits per heavy atom. The molecular formula is C4H10FPS. The Bertz CT molecular complexity index is 42.7. The Hall–Kier alpha value is 0.710. The van der Waals surface area contributed by atoms with Crippen molar-refractivity contribution in [2.75, 3.05) is 5.75 Å². The lowest BCUT2D eigenvalue weighted by atomic mass is 10.9. The van der Waals surface area contributed by atoms with E-state index in [9.17, 15) is 4.20 Å². The van der Waals surface area contributed by atoms with Gasteiger partial charge in [0.05, 0.1) is 8.89 Å². The average molecular weight is 140 g/mol. The van der Waals surface area contributed by atoms with Gasteiger partial charge in [0, 0.05) is 4.99 Å². The predicted octanol–water partition coefficient (Wildman–Crippen LogP) is 2.65. The summed E-state index contributed by atoms with van der Waals surface area (Å²) < 4.78 is 11.6. The van der Waals surface area contributed by atoms with Crippen LogP contribution in [0.4, 0.5) is 4.20 Å². The van der Waals surface area contributed by atoms with Crippen LogP contribution >= 0.6 is 20.7 Å². The summed E-state index contributed by atoms with van der Waals surface area (Å²) >= 11 is 1.67. The Morgan fingerprint density at radius 1 is 1.86 bits per heavy atom. The molecule has 3 heteroatoms. The summed E-state index contributed by atoms with van der Waals surface area (Å²) in [7, 11) is -0.399. The van der Waals surface area contributed by atoms with Gasteiger partial charge < -0.3 is 0 Å². The molecule has 0 spiro atoms. The molecule has 0 fully saturated rings. The maximum absolute atomic E-state index is 11.6. The van der Waals surface area contributed by atoms with Crippen molar-refractivity contribution >= 4 is 20.7 Å². The molecule has 0 aromatic carbocycles. The van der Waals surface area contributed by atoms with Gasteiger partial charge in [-0.1, -0.05) is 6.92 Å². The van der Waals surface area contributed by atoms with Gasteiger partial charge in [-0.3, -0.25) is 0 Å². The average Bonchev–Trinajstić information content (AvgIpc) is 1.68. The molecule has 0 nitrogen and oxygen atoms in total. The first-order valence-corrected chi connectivity index (χ1v) is 4.29. The van der Waals surface area contributed by atoms with Crippen LogP contribution in [-0.2, 0) is 0 Å². The largest absolute Gasteiger partial charge is 0.230 e. The van der Waals surface area contributed by atoms with E-state index in [0.717, 1.165) is 5.75 Å². The van der Waals surface area contributed by atoms with Crippen LogP contribution in [-0.4, -0.2) is 10.7 Å². The number of thioether (sulfide) groups is 1. The lowest BCUT2D eigenvalue weighted by Crippen LogP contribution is -1.81. The van der Waals surface area contributed by atoms with E-state index in [2.05, 4.69) is 0 Å². The van der Waals surface area contributed by atoms with Crippen LogP contribution in [0.3, 0.4) is 0 Å². The summed E-state index contributed by atoms with van der Waals surface area (Å²) in [6.45, 7) is 3.95. The van der Waals surface area contributed by atoms with E-state index in [1.165, 1.54) is 0 Å². The Morgan fingerprint density at radius 3 is 2.57 bits per heavy atom. The van der Waals surface area contributed by atoms with Crippen LogP contribution < -0.4 is 0 Å². The van der Waals surface area contributed by atoms with Crippen LogP contribution in [0.5, 0.6) is 0 Å². The zero-order valence-electron chi connectivity index (χ0n) is 4.57. The summed E-state index contributed by atoms with van der Waals surface area (Å²) in [5.41, 5.74) is 0. The summed E-state index contributed by atoms with van der Waals surface area (Å²) in [6.07, 6.45) is 0. The molecule has 0 heterocycles. The fourth-order valence-corrected chi connectivity index (χ4v) is 1.53. The molecule has 44 valence electrons. The SMILES string of the molecule is CCS[C@@H](C)PF. The fourth-order valence-electron chi connectivity index (χ4n) is 0.281. The van der Waals surface area contributed by atoms with Crippen molar-refractivity contribution < 1.29 is 4.20 Å². The second kappa shape index (κ2) is 4.86. The van der Waals surface area contributed by atoms with E-state index in [1.807, 2.05) is 13.8 Å².